The van der Waals surface area contributed by atoms with Crippen LogP contribution in [0.5, 0.6) is 0 Å². The number of methoxy groups -OCH3 is 1. The summed E-state index contributed by atoms with van der Waals surface area (Å²) >= 11 is 0. The van der Waals surface area contributed by atoms with Crippen LogP contribution < -0.4 is 0 Å². The van der Waals surface area contributed by atoms with Gasteiger partial charge in [-0.1, -0.05) is 0 Å². The normalized spacial score (nSPS) is 24.8. The number of aliphatic carboxylic acids is 1. The fourth-order valence-corrected chi connectivity index (χ4v) is 2.64. The quantitative estimate of drug-likeness (QED) is 0.703. The molecule has 4 heteroatoms. The van der Waals surface area contributed by atoms with Crippen LogP contribution in [-0.4, -0.2) is 48.3 Å². The Balaban J connectivity index is 2.42. The van der Waals surface area contributed by atoms with Crippen molar-refractivity contribution in [2.75, 3.05) is 26.8 Å². The third-order valence-electron chi connectivity index (χ3n) is 3.36. The Morgan fingerprint density at radius 3 is 2.81 bits per heavy atom. The molecule has 1 aliphatic rings. The van der Waals surface area contributed by atoms with E-state index in [1.165, 1.54) is 0 Å². The number of carboxylic acids is 1. The summed E-state index contributed by atoms with van der Waals surface area (Å²) in [4.78, 5) is 13.1. The van der Waals surface area contributed by atoms with Gasteiger partial charge in [-0.2, -0.15) is 0 Å². The van der Waals surface area contributed by atoms with Crippen molar-refractivity contribution in [3.05, 3.63) is 0 Å². The fraction of sp³-hybridized carbons (Fsp3) is 0.917. The fourth-order valence-electron chi connectivity index (χ4n) is 2.64. The van der Waals surface area contributed by atoms with Crippen molar-refractivity contribution in [3.63, 3.8) is 0 Å². The highest BCUT2D eigenvalue weighted by Gasteiger charge is 2.38. The van der Waals surface area contributed by atoms with Crippen LogP contribution in [0.25, 0.3) is 0 Å². The van der Waals surface area contributed by atoms with Crippen molar-refractivity contribution in [2.24, 2.45) is 5.92 Å². The minimum atomic E-state index is -0.681. The first-order valence-electron chi connectivity index (χ1n) is 5.91. The lowest BCUT2D eigenvalue weighted by atomic mass is 9.94. The van der Waals surface area contributed by atoms with Crippen molar-refractivity contribution >= 4 is 5.97 Å². The molecule has 0 radical (unpaired) electrons. The molecule has 1 heterocycles. The van der Waals surface area contributed by atoms with Crippen molar-refractivity contribution in [2.45, 2.75) is 38.6 Å². The standard InChI is InChI=1S/C12H23NO3/c1-12(2)8-10(7-11(14)15)9-13(12)5-4-6-16-3/h10H,4-9H2,1-3H3,(H,14,15). The highest BCUT2D eigenvalue weighted by atomic mass is 16.5. The van der Waals surface area contributed by atoms with Crippen LogP contribution >= 0.6 is 0 Å². The van der Waals surface area contributed by atoms with E-state index in [9.17, 15) is 4.79 Å². The second kappa shape index (κ2) is 5.64. The maximum atomic E-state index is 10.7. The van der Waals surface area contributed by atoms with Gasteiger partial charge in [-0.25, -0.2) is 0 Å². The molecule has 1 fully saturated rings. The van der Waals surface area contributed by atoms with E-state index >= 15 is 0 Å². The lowest BCUT2D eigenvalue weighted by Crippen LogP contribution is -2.39. The van der Waals surface area contributed by atoms with Crippen LogP contribution in [0, 0.1) is 5.92 Å². The van der Waals surface area contributed by atoms with Crippen molar-refractivity contribution in [1.82, 2.24) is 4.90 Å². The highest BCUT2D eigenvalue weighted by Crippen LogP contribution is 2.34. The molecule has 0 amide bonds. The summed E-state index contributed by atoms with van der Waals surface area (Å²) in [6.07, 6.45) is 2.29. The van der Waals surface area contributed by atoms with Gasteiger partial charge in [0.05, 0.1) is 0 Å². The van der Waals surface area contributed by atoms with Crippen molar-refractivity contribution in [1.29, 1.82) is 0 Å². The molecule has 0 spiro atoms. The minimum Gasteiger partial charge on any atom is -0.481 e. The summed E-state index contributed by atoms with van der Waals surface area (Å²) in [6.45, 7) is 7.07. The summed E-state index contributed by atoms with van der Waals surface area (Å²) in [5.74, 6) is -0.380. The zero-order chi connectivity index (χ0) is 12.2. The SMILES string of the molecule is COCCCN1CC(CC(=O)O)CC1(C)C. The van der Waals surface area contributed by atoms with Gasteiger partial charge >= 0.3 is 5.97 Å². The molecule has 16 heavy (non-hydrogen) atoms. The minimum absolute atomic E-state index is 0.133. The number of ether oxygens (including phenoxy) is 1. The Morgan fingerprint density at radius 1 is 1.56 bits per heavy atom. The monoisotopic (exact) mass is 229 g/mol. The molecule has 1 unspecified atom stereocenters. The van der Waals surface area contributed by atoms with Gasteiger partial charge in [0.25, 0.3) is 0 Å². The Hall–Kier alpha value is -0.610. The first-order chi connectivity index (χ1) is 7.45. The number of nitrogens with zero attached hydrogens (tertiary/aromatic N) is 1. The molecule has 1 rings (SSSR count). The van der Waals surface area contributed by atoms with Gasteiger partial charge in [0.2, 0.25) is 0 Å². The predicted molar refractivity (Wildman–Crippen MR) is 62.5 cm³/mol. The Labute approximate surface area is 97.6 Å². The Kier molecular flexibility index (Phi) is 4.74. The smallest absolute Gasteiger partial charge is 0.303 e. The molecule has 0 bridgehead atoms. The molecule has 0 aromatic rings. The van der Waals surface area contributed by atoms with E-state index in [-0.39, 0.29) is 5.54 Å². The van der Waals surface area contributed by atoms with Crippen LogP contribution in [0.2, 0.25) is 0 Å². The lowest BCUT2D eigenvalue weighted by molar-refractivity contribution is -0.138. The number of likely N-dealkylation sites (tertiary alicyclic amines) is 1. The predicted octanol–water partition coefficient (Wildman–Crippen LogP) is 1.60. The zero-order valence-corrected chi connectivity index (χ0v) is 10.5. The number of carboxylic acid groups (broad SMARTS) is 1. The van der Waals surface area contributed by atoms with Crippen LogP contribution in [0.1, 0.15) is 33.1 Å². The second-order valence-corrected chi connectivity index (χ2v) is 5.27. The molecule has 1 saturated heterocycles. The molecule has 1 aliphatic heterocycles. The molecule has 0 aromatic carbocycles. The van der Waals surface area contributed by atoms with E-state index in [4.69, 9.17) is 9.84 Å². The van der Waals surface area contributed by atoms with E-state index in [2.05, 4.69) is 18.7 Å². The number of hydrogen-bond donors (Lipinski definition) is 1. The van der Waals surface area contributed by atoms with Gasteiger partial charge in [-0.3, -0.25) is 9.69 Å². The molecule has 0 aliphatic carbocycles. The van der Waals surface area contributed by atoms with Gasteiger partial charge in [0.15, 0.2) is 0 Å². The van der Waals surface area contributed by atoms with Gasteiger partial charge < -0.3 is 9.84 Å². The van der Waals surface area contributed by atoms with E-state index in [0.717, 1.165) is 32.5 Å². The molecule has 4 nitrogen and oxygen atoms in total. The van der Waals surface area contributed by atoms with Crippen molar-refractivity contribution < 1.29 is 14.6 Å². The molecular weight excluding hydrogens is 206 g/mol. The van der Waals surface area contributed by atoms with Gasteiger partial charge in [-0.05, 0) is 32.6 Å². The summed E-state index contributed by atoms with van der Waals surface area (Å²) in [5.41, 5.74) is 0.133. The van der Waals surface area contributed by atoms with Crippen molar-refractivity contribution in [3.8, 4) is 0 Å². The third-order valence-corrected chi connectivity index (χ3v) is 3.36. The largest absolute Gasteiger partial charge is 0.481 e. The maximum Gasteiger partial charge on any atom is 0.303 e. The summed E-state index contributed by atoms with van der Waals surface area (Å²) < 4.78 is 5.04. The molecule has 1 N–H and O–H groups in total. The molecule has 1 atom stereocenters. The molecule has 0 aromatic heterocycles. The zero-order valence-electron chi connectivity index (χ0n) is 10.5. The number of carbonyl (C=O) groups is 1. The van der Waals surface area contributed by atoms with Crippen LogP contribution in [0.4, 0.5) is 0 Å². The van der Waals surface area contributed by atoms with E-state index in [1.54, 1.807) is 7.11 Å². The number of hydrogen-bond acceptors (Lipinski definition) is 3. The van der Waals surface area contributed by atoms with Crippen LogP contribution in [0.15, 0.2) is 0 Å². The number of rotatable bonds is 6. The highest BCUT2D eigenvalue weighted by molar-refractivity contribution is 5.67. The van der Waals surface area contributed by atoms with Gasteiger partial charge in [-0.15, -0.1) is 0 Å². The summed E-state index contributed by atoms with van der Waals surface area (Å²) in [7, 11) is 1.71. The van der Waals surface area contributed by atoms with Gasteiger partial charge in [0, 0.05) is 38.8 Å². The van der Waals surface area contributed by atoms with Crippen LogP contribution in [0.3, 0.4) is 0 Å². The molecule has 0 saturated carbocycles. The molecule has 94 valence electrons. The topological polar surface area (TPSA) is 49.8 Å². The van der Waals surface area contributed by atoms with E-state index < -0.39 is 5.97 Å². The summed E-state index contributed by atoms with van der Waals surface area (Å²) in [5, 5.41) is 8.81. The summed E-state index contributed by atoms with van der Waals surface area (Å²) in [6, 6.07) is 0. The molecular formula is C12H23NO3. The Morgan fingerprint density at radius 2 is 2.25 bits per heavy atom. The first-order valence-corrected chi connectivity index (χ1v) is 5.91. The third kappa shape index (κ3) is 3.76. The Bertz CT molecular complexity index is 240. The second-order valence-electron chi connectivity index (χ2n) is 5.27. The van der Waals surface area contributed by atoms with E-state index in [0.29, 0.717) is 12.3 Å². The maximum absolute atomic E-state index is 10.7. The average Bonchev–Trinajstić information content (AvgIpc) is 2.40. The van der Waals surface area contributed by atoms with Crippen LogP contribution in [-0.2, 0) is 9.53 Å². The first kappa shape index (κ1) is 13.5. The van der Waals surface area contributed by atoms with E-state index in [1.807, 2.05) is 0 Å². The average molecular weight is 229 g/mol. The van der Waals surface area contributed by atoms with Gasteiger partial charge in [0.1, 0.15) is 0 Å². The lowest BCUT2D eigenvalue weighted by Gasteiger charge is -2.31.